The van der Waals surface area contributed by atoms with E-state index >= 15 is 0 Å². The van der Waals surface area contributed by atoms with Crippen LogP contribution in [-0.4, -0.2) is 49.4 Å². The van der Waals surface area contributed by atoms with Gasteiger partial charge in [0.05, 0.1) is 31.5 Å². The first-order chi connectivity index (χ1) is 26.2. The highest BCUT2D eigenvalue weighted by Gasteiger charge is 2.42. The monoisotopic (exact) mass is 864 g/mol. The van der Waals surface area contributed by atoms with Crippen LogP contribution in [0.15, 0.2) is 81.8 Å². The Morgan fingerprint density at radius 3 is 1.93 bits per heavy atom. The number of ether oxygens (including phenoxy) is 5. The van der Waals surface area contributed by atoms with Gasteiger partial charge in [0.1, 0.15) is 0 Å². The molecule has 0 spiro atoms. The molecule has 1 aliphatic carbocycles. The third-order valence-electron chi connectivity index (χ3n) is 9.46. The largest absolute Gasteiger partial charge is 0.464 e. The summed E-state index contributed by atoms with van der Waals surface area (Å²) in [5.74, 6) is 3.43. The molecule has 1 heterocycles. The van der Waals surface area contributed by atoms with Crippen LogP contribution in [0.25, 0.3) is 0 Å². The SMILES string of the molecule is C#CCCCCOC(=O)C(O[C@@H]1C[C@@H]2[C@H](/C=C/CCC[C@H](C)OC(=O)/C=C/[C@H]2OC(C(=O)OCCCCC#C)c2ccc(Br)cc2)C1)c1ccc(Br)cc1. The summed E-state index contributed by atoms with van der Waals surface area (Å²) in [6, 6.07) is 14.7. The first-order valence-corrected chi connectivity index (χ1v) is 20.3. The van der Waals surface area contributed by atoms with Crippen molar-refractivity contribution in [2.75, 3.05) is 13.2 Å². The summed E-state index contributed by atoms with van der Waals surface area (Å²) in [5, 5.41) is 0. The first kappa shape index (κ1) is 43.1. The molecule has 0 N–H and O–H groups in total. The van der Waals surface area contributed by atoms with E-state index in [0.29, 0.717) is 49.7 Å². The van der Waals surface area contributed by atoms with Gasteiger partial charge >= 0.3 is 17.9 Å². The average Bonchev–Trinajstić information content (AvgIpc) is 3.56. The van der Waals surface area contributed by atoms with Gasteiger partial charge in [-0.25, -0.2) is 14.4 Å². The Morgan fingerprint density at radius 2 is 1.37 bits per heavy atom. The Labute approximate surface area is 337 Å². The molecule has 7 atom stereocenters. The fourth-order valence-electron chi connectivity index (χ4n) is 6.64. The molecule has 0 amide bonds. The van der Waals surface area contributed by atoms with Crippen molar-refractivity contribution in [1.82, 2.24) is 0 Å². The predicted octanol–water partition coefficient (Wildman–Crippen LogP) is 9.71. The summed E-state index contributed by atoms with van der Waals surface area (Å²) in [5.41, 5.74) is 1.28. The van der Waals surface area contributed by atoms with Crippen molar-refractivity contribution >= 4 is 49.8 Å². The van der Waals surface area contributed by atoms with Gasteiger partial charge in [0.15, 0.2) is 12.2 Å². The summed E-state index contributed by atoms with van der Waals surface area (Å²) < 4.78 is 32.2. The number of benzene rings is 2. The number of halogens is 2. The Hall–Kier alpha value is -3.67. The van der Waals surface area contributed by atoms with E-state index < -0.39 is 36.2 Å². The highest BCUT2D eigenvalue weighted by atomic mass is 79.9. The zero-order valence-corrected chi connectivity index (χ0v) is 34.0. The third kappa shape index (κ3) is 14.2. The van der Waals surface area contributed by atoms with Gasteiger partial charge in [0.25, 0.3) is 0 Å². The maximum atomic E-state index is 13.7. The van der Waals surface area contributed by atoms with E-state index in [1.807, 2.05) is 55.5 Å². The van der Waals surface area contributed by atoms with Crippen LogP contribution < -0.4 is 0 Å². The maximum Gasteiger partial charge on any atom is 0.339 e. The van der Waals surface area contributed by atoms with E-state index in [1.165, 1.54) is 6.08 Å². The number of allylic oxidation sites excluding steroid dienone is 2. The topological polar surface area (TPSA) is 97.4 Å². The van der Waals surface area contributed by atoms with E-state index in [1.54, 1.807) is 6.08 Å². The lowest BCUT2D eigenvalue weighted by atomic mass is 9.89. The lowest BCUT2D eigenvalue weighted by molar-refractivity contribution is -0.164. The molecule has 1 saturated carbocycles. The van der Waals surface area contributed by atoms with E-state index in [9.17, 15) is 14.4 Å². The highest BCUT2D eigenvalue weighted by molar-refractivity contribution is 9.10. The Balaban J connectivity index is 1.65. The zero-order valence-electron chi connectivity index (χ0n) is 30.8. The van der Waals surface area contributed by atoms with Gasteiger partial charge in [0, 0.05) is 27.9 Å². The fourth-order valence-corrected chi connectivity index (χ4v) is 7.17. The van der Waals surface area contributed by atoms with Crippen molar-refractivity contribution < 1.29 is 38.1 Å². The lowest BCUT2D eigenvalue weighted by Gasteiger charge is -2.29. The van der Waals surface area contributed by atoms with E-state index in [2.05, 4.69) is 55.9 Å². The van der Waals surface area contributed by atoms with Gasteiger partial charge in [-0.05, 0) is 118 Å². The van der Waals surface area contributed by atoms with Crippen molar-refractivity contribution in [3.63, 3.8) is 0 Å². The molecular weight excluding hydrogens is 816 g/mol. The third-order valence-corrected chi connectivity index (χ3v) is 10.5. The molecule has 2 aromatic rings. The van der Waals surface area contributed by atoms with Crippen molar-refractivity contribution in [3.05, 3.63) is 92.9 Å². The van der Waals surface area contributed by atoms with Crippen LogP contribution in [-0.2, 0) is 38.1 Å². The maximum absolute atomic E-state index is 13.7. The summed E-state index contributed by atoms with van der Waals surface area (Å²) in [6.07, 6.45) is 22.2. The Bertz CT molecular complexity index is 1640. The second-order valence-corrected chi connectivity index (χ2v) is 15.5. The second kappa shape index (κ2) is 23.3. The van der Waals surface area contributed by atoms with Gasteiger partial charge in [-0.15, -0.1) is 24.7 Å². The number of cyclic esters (lactones) is 1. The molecule has 0 saturated heterocycles. The average molecular weight is 867 g/mol. The molecule has 54 heavy (non-hydrogen) atoms. The number of hydrogen-bond donors (Lipinski definition) is 0. The van der Waals surface area contributed by atoms with E-state index in [-0.39, 0.29) is 37.3 Å². The molecule has 2 unspecified atom stereocenters. The molecule has 288 valence electrons. The number of hydrogen-bond acceptors (Lipinski definition) is 8. The van der Waals surface area contributed by atoms with Crippen LogP contribution in [0.2, 0.25) is 0 Å². The van der Waals surface area contributed by atoms with Crippen LogP contribution in [0, 0.1) is 36.5 Å². The summed E-state index contributed by atoms with van der Waals surface area (Å²) in [7, 11) is 0. The molecule has 0 bridgehead atoms. The summed E-state index contributed by atoms with van der Waals surface area (Å²) in [6.45, 7) is 2.32. The smallest absolute Gasteiger partial charge is 0.339 e. The molecule has 0 aromatic heterocycles. The lowest BCUT2D eigenvalue weighted by Crippen LogP contribution is -2.31. The molecule has 2 aliphatic rings. The molecule has 1 fully saturated rings. The van der Waals surface area contributed by atoms with Crippen LogP contribution >= 0.6 is 31.9 Å². The minimum Gasteiger partial charge on any atom is -0.464 e. The van der Waals surface area contributed by atoms with Crippen LogP contribution in [0.3, 0.4) is 0 Å². The van der Waals surface area contributed by atoms with Crippen LogP contribution in [0.1, 0.15) is 101 Å². The molecular formula is C44H50Br2O8. The van der Waals surface area contributed by atoms with Crippen molar-refractivity contribution in [2.45, 2.75) is 108 Å². The number of carbonyl (C=O) groups is 3. The minimum atomic E-state index is -1.09. The Morgan fingerprint density at radius 1 is 0.815 bits per heavy atom. The molecule has 10 heteroatoms. The van der Waals surface area contributed by atoms with Gasteiger partial charge in [0.2, 0.25) is 0 Å². The number of unbranched alkanes of at least 4 members (excludes halogenated alkanes) is 4. The molecule has 1 aliphatic heterocycles. The predicted molar refractivity (Wildman–Crippen MR) is 215 cm³/mol. The summed E-state index contributed by atoms with van der Waals surface area (Å²) in [4.78, 5) is 40.3. The van der Waals surface area contributed by atoms with E-state index in [4.69, 9.17) is 36.5 Å². The standard InChI is InChI=1S/C44H50Br2O8/c1-4-6-8-13-27-50-43(48)41(32-17-21-35(45)22-18-32)53-37-29-34-16-12-10-11-15-31(3)52-40(47)26-25-39(38(34)30-37)54-42(33-19-23-36(46)24-20-33)44(49)51-28-14-9-7-5-2/h1-2,12,16-26,31,34,37-39,41-42H,6-11,13-15,27-30H2,3H3/b16-12+,26-25+/t31-,34+,37-,38+,39+,41?,42?/m0/s1. The number of terminal acetylenes is 2. The highest BCUT2D eigenvalue weighted by Crippen LogP contribution is 2.42. The number of rotatable bonds is 16. The van der Waals surface area contributed by atoms with Crippen LogP contribution in [0.5, 0.6) is 0 Å². The number of carbonyl (C=O) groups excluding carboxylic acids is 3. The normalized spacial score (nSPS) is 23.7. The summed E-state index contributed by atoms with van der Waals surface area (Å²) >= 11 is 6.96. The minimum absolute atomic E-state index is 0.0606. The molecule has 8 nitrogen and oxygen atoms in total. The second-order valence-electron chi connectivity index (χ2n) is 13.6. The Kier molecular flexibility index (Phi) is 18.6. The number of fused-ring (bicyclic) bond motifs is 1. The first-order valence-electron chi connectivity index (χ1n) is 18.8. The van der Waals surface area contributed by atoms with Crippen molar-refractivity contribution in [3.8, 4) is 24.7 Å². The van der Waals surface area contributed by atoms with Gasteiger partial charge in [-0.2, -0.15) is 0 Å². The zero-order chi connectivity index (χ0) is 38.7. The fraction of sp³-hybridized carbons (Fsp3) is 0.477. The number of esters is 3. The molecule has 2 aromatic carbocycles. The van der Waals surface area contributed by atoms with Gasteiger partial charge < -0.3 is 23.7 Å². The quantitative estimate of drug-likeness (QED) is 0.0542. The van der Waals surface area contributed by atoms with Gasteiger partial charge in [-0.3, -0.25) is 0 Å². The molecule has 0 radical (unpaired) electrons. The van der Waals surface area contributed by atoms with Crippen LogP contribution in [0.4, 0.5) is 0 Å². The van der Waals surface area contributed by atoms with Crippen molar-refractivity contribution in [1.29, 1.82) is 0 Å². The van der Waals surface area contributed by atoms with Crippen molar-refractivity contribution in [2.24, 2.45) is 11.8 Å². The van der Waals surface area contributed by atoms with E-state index in [0.717, 1.165) is 41.0 Å². The van der Waals surface area contributed by atoms with Gasteiger partial charge in [-0.1, -0.05) is 68.3 Å². The molecule has 4 rings (SSSR count).